The van der Waals surface area contributed by atoms with Crippen molar-refractivity contribution in [2.24, 2.45) is 4.99 Å². The lowest BCUT2D eigenvalue weighted by Crippen LogP contribution is -2.51. The van der Waals surface area contributed by atoms with Gasteiger partial charge in [-0.1, -0.05) is 12.7 Å². The van der Waals surface area contributed by atoms with E-state index in [1.54, 1.807) is 0 Å². The van der Waals surface area contributed by atoms with Crippen LogP contribution in [-0.2, 0) is 4.79 Å². The summed E-state index contributed by atoms with van der Waals surface area (Å²) in [4.78, 5) is 17.9. The number of nitrogens with zero attached hydrogens (tertiary/aromatic N) is 2. The first kappa shape index (κ1) is 13.5. The first-order valence-electron chi connectivity index (χ1n) is 5.82. The summed E-state index contributed by atoms with van der Waals surface area (Å²) >= 11 is 0. The number of aliphatic imine (C=N–C) groups is 1. The highest BCUT2D eigenvalue weighted by Crippen LogP contribution is 2.12. The molecule has 0 saturated heterocycles. The Hall–Kier alpha value is -1.58. The quantitative estimate of drug-likeness (QED) is 0.558. The van der Waals surface area contributed by atoms with Crippen LogP contribution in [0.15, 0.2) is 30.3 Å². The van der Waals surface area contributed by atoms with Crippen molar-refractivity contribution in [3.05, 3.63) is 25.3 Å². The summed E-state index contributed by atoms with van der Waals surface area (Å²) in [7, 11) is 0. The largest absolute Gasteiger partial charge is 0.356 e. The van der Waals surface area contributed by atoms with Gasteiger partial charge in [-0.2, -0.15) is 0 Å². The van der Waals surface area contributed by atoms with E-state index < -0.39 is 0 Å². The fraction of sp³-hybridized carbons (Fsp3) is 0.538. The summed E-state index contributed by atoms with van der Waals surface area (Å²) in [5, 5.41) is 2.92. The lowest BCUT2D eigenvalue weighted by molar-refractivity contribution is -0.118. The van der Waals surface area contributed by atoms with Crippen molar-refractivity contribution in [1.82, 2.24) is 10.2 Å². The highest BCUT2D eigenvalue weighted by Gasteiger charge is 2.26. The van der Waals surface area contributed by atoms with Crippen molar-refractivity contribution < 1.29 is 4.79 Å². The van der Waals surface area contributed by atoms with Crippen molar-refractivity contribution >= 4 is 11.7 Å². The van der Waals surface area contributed by atoms with E-state index in [0.29, 0.717) is 0 Å². The maximum absolute atomic E-state index is 11.3. The molecular formula is C13H21N3O. The maximum atomic E-state index is 11.3. The Bertz CT molecular complexity index is 345. The molecule has 0 atom stereocenters. The number of carbonyl (C=O) groups excluding carboxylic acids is 1. The molecule has 0 bridgehead atoms. The number of carbonyl (C=O) groups is 1. The predicted molar refractivity (Wildman–Crippen MR) is 71.1 cm³/mol. The Balaban J connectivity index is 2.58. The average molecular weight is 235 g/mol. The molecule has 17 heavy (non-hydrogen) atoms. The highest BCUT2D eigenvalue weighted by atomic mass is 16.1. The van der Waals surface area contributed by atoms with E-state index in [1.165, 1.54) is 6.08 Å². The summed E-state index contributed by atoms with van der Waals surface area (Å²) in [5.41, 5.74) is -0.294. The standard InChI is InChI=1S/C13H21N3O/c1-5-7-11-14-8-9-16(11)10-13(3,4)15-12(17)6-2/h5-6H,1-2,7-10H2,3-4H3,(H,15,17). The van der Waals surface area contributed by atoms with Gasteiger partial charge in [0.2, 0.25) is 5.91 Å². The van der Waals surface area contributed by atoms with Crippen LogP contribution in [0.2, 0.25) is 0 Å². The molecule has 0 aromatic carbocycles. The van der Waals surface area contributed by atoms with E-state index in [4.69, 9.17) is 0 Å². The molecule has 0 radical (unpaired) electrons. The monoisotopic (exact) mass is 235 g/mol. The molecule has 1 heterocycles. The highest BCUT2D eigenvalue weighted by molar-refractivity contribution is 5.88. The summed E-state index contributed by atoms with van der Waals surface area (Å²) in [6, 6.07) is 0. The summed E-state index contributed by atoms with van der Waals surface area (Å²) in [6.07, 6.45) is 3.93. The Morgan fingerprint density at radius 1 is 1.59 bits per heavy atom. The lowest BCUT2D eigenvalue weighted by Gasteiger charge is -2.32. The fourth-order valence-electron chi connectivity index (χ4n) is 1.92. The molecule has 1 aliphatic rings. The zero-order valence-electron chi connectivity index (χ0n) is 10.7. The summed E-state index contributed by atoms with van der Waals surface area (Å²) < 4.78 is 0. The van der Waals surface area contributed by atoms with E-state index in [2.05, 4.69) is 28.4 Å². The van der Waals surface area contributed by atoms with Gasteiger partial charge in [-0.15, -0.1) is 6.58 Å². The van der Waals surface area contributed by atoms with Crippen LogP contribution in [0.4, 0.5) is 0 Å². The normalized spacial score (nSPS) is 15.4. The van der Waals surface area contributed by atoms with Gasteiger partial charge in [-0.3, -0.25) is 9.79 Å². The van der Waals surface area contributed by atoms with Crippen molar-refractivity contribution in [2.45, 2.75) is 25.8 Å². The molecule has 1 rings (SSSR count). The number of rotatable bonds is 6. The lowest BCUT2D eigenvalue weighted by atomic mass is 10.0. The first-order valence-corrected chi connectivity index (χ1v) is 5.82. The molecule has 0 fully saturated rings. The number of amides is 1. The van der Waals surface area contributed by atoms with Gasteiger partial charge in [0.15, 0.2) is 0 Å². The van der Waals surface area contributed by atoms with Gasteiger partial charge >= 0.3 is 0 Å². The van der Waals surface area contributed by atoms with E-state index in [-0.39, 0.29) is 11.4 Å². The van der Waals surface area contributed by atoms with Gasteiger partial charge in [0.25, 0.3) is 0 Å². The summed E-state index contributed by atoms with van der Waals surface area (Å²) in [5.74, 6) is 0.914. The molecule has 4 heteroatoms. The van der Waals surface area contributed by atoms with Crippen LogP contribution < -0.4 is 5.32 Å². The predicted octanol–water partition coefficient (Wildman–Crippen LogP) is 1.36. The van der Waals surface area contributed by atoms with Gasteiger partial charge in [-0.05, 0) is 19.9 Å². The minimum absolute atomic E-state index is 0.142. The molecule has 1 amide bonds. The van der Waals surface area contributed by atoms with Gasteiger partial charge in [0.05, 0.1) is 12.1 Å². The number of hydrogen-bond donors (Lipinski definition) is 1. The average Bonchev–Trinajstić information content (AvgIpc) is 2.65. The molecule has 0 aromatic rings. The molecule has 0 spiro atoms. The number of amidine groups is 1. The molecule has 0 saturated carbocycles. The van der Waals surface area contributed by atoms with Crippen molar-refractivity contribution in [3.8, 4) is 0 Å². The molecule has 1 N–H and O–H groups in total. The minimum Gasteiger partial charge on any atom is -0.356 e. The van der Waals surface area contributed by atoms with E-state index in [1.807, 2.05) is 19.9 Å². The van der Waals surface area contributed by atoms with Crippen LogP contribution in [0.25, 0.3) is 0 Å². The van der Waals surface area contributed by atoms with Crippen LogP contribution in [0, 0.1) is 0 Å². The van der Waals surface area contributed by atoms with E-state index in [0.717, 1.165) is 31.9 Å². The van der Waals surface area contributed by atoms with E-state index in [9.17, 15) is 4.79 Å². The first-order chi connectivity index (χ1) is 7.98. The Labute approximate surface area is 103 Å². The van der Waals surface area contributed by atoms with Crippen molar-refractivity contribution in [2.75, 3.05) is 19.6 Å². The van der Waals surface area contributed by atoms with Crippen LogP contribution in [0.1, 0.15) is 20.3 Å². The Kier molecular flexibility index (Phi) is 4.49. The smallest absolute Gasteiger partial charge is 0.243 e. The zero-order valence-corrected chi connectivity index (χ0v) is 10.7. The van der Waals surface area contributed by atoms with Crippen LogP contribution in [-0.4, -0.2) is 41.8 Å². The molecule has 0 unspecified atom stereocenters. The third-order valence-corrected chi connectivity index (χ3v) is 2.59. The maximum Gasteiger partial charge on any atom is 0.243 e. The van der Waals surface area contributed by atoms with Crippen LogP contribution in [0.5, 0.6) is 0 Å². The second-order valence-electron chi connectivity index (χ2n) is 4.79. The fourth-order valence-corrected chi connectivity index (χ4v) is 1.92. The van der Waals surface area contributed by atoms with Gasteiger partial charge in [-0.25, -0.2) is 0 Å². The third kappa shape index (κ3) is 4.06. The SMILES string of the molecule is C=CCC1=NCCN1CC(C)(C)NC(=O)C=C. The zero-order chi connectivity index (χ0) is 12.9. The summed E-state index contributed by atoms with van der Waals surface area (Å²) in [6.45, 7) is 13.7. The van der Waals surface area contributed by atoms with E-state index >= 15 is 0 Å². The van der Waals surface area contributed by atoms with Crippen molar-refractivity contribution in [3.63, 3.8) is 0 Å². The molecule has 0 aromatic heterocycles. The number of nitrogens with one attached hydrogen (secondary N) is 1. The molecule has 94 valence electrons. The Morgan fingerprint density at radius 2 is 2.29 bits per heavy atom. The van der Waals surface area contributed by atoms with Gasteiger partial charge in [0, 0.05) is 19.5 Å². The molecular weight excluding hydrogens is 214 g/mol. The topological polar surface area (TPSA) is 44.7 Å². The molecule has 0 aliphatic carbocycles. The second-order valence-corrected chi connectivity index (χ2v) is 4.79. The third-order valence-electron chi connectivity index (χ3n) is 2.59. The van der Waals surface area contributed by atoms with Crippen LogP contribution >= 0.6 is 0 Å². The van der Waals surface area contributed by atoms with Gasteiger partial charge in [0.1, 0.15) is 5.84 Å². The molecule has 4 nitrogen and oxygen atoms in total. The van der Waals surface area contributed by atoms with Crippen molar-refractivity contribution in [1.29, 1.82) is 0 Å². The van der Waals surface area contributed by atoms with Crippen LogP contribution in [0.3, 0.4) is 0 Å². The Morgan fingerprint density at radius 3 is 2.88 bits per heavy atom. The minimum atomic E-state index is -0.294. The van der Waals surface area contributed by atoms with Gasteiger partial charge < -0.3 is 10.2 Å². The number of hydrogen-bond acceptors (Lipinski definition) is 3. The second kappa shape index (κ2) is 5.66. The molecule has 1 aliphatic heterocycles.